The number of para-hydroxylation sites is 1. The minimum absolute atomic E-state index is 0.199. The Morgan fingerprint density at radius 2 is 1.90 bits per heavy atom. The van der Waals surface area contributed by atoms with Crippen molar-refractivity contribution < 1.29 is 9.90 Å². The number of aromatic nitrogens is 1. The summed E-state index contributed by atoms with van der Waals surface area (Å²) in [7, 11) is 0. The highest BCUT2D eigenvalue weighted by molar-refractivity contribution is 5.84. The smallest absolute Gasteiger partial charge is 0.303 e. The van der Waals surface area contributed by atoms with Gasteiger partial charge in [-0.1, -0.05) is 50.8 Å². The van der Waals surface area contributed by atoms with Crippen molar-refractivity contribution in [3.63, 3.8) is 0 Å². The fourth-order valence-electron chi connectivity index (χ4n) is 2.83. The highest BCUT2D eigenvalue weighted by Crippen LogP contribution is 2.23. The highest BCUT2D eigenvalue weighted by atomic mass is 16.4. The van der Waals surface area contributed by atoms with Gasteiger partial charge < -0.3 is 9.67 Å². The van der Waals surface area contributed by atoms with Gasteiger partial charge in [0.1, 0.15) is 0 Å². The van der Waals surface area contributed by atoms with E-state index >= 15 is 0 Å². The molecule has 0 bridgehead atoms. The van der Waals surface area contributed by atoms with Crippen LogP contribution < -0.4 is 0 Å². The number of hydrogen-bond acceptors (Lipinski definition) is 1. The number of aryl methyl sites for hydroxylation is 2. The first-order valence-corrected chi connectivity index (χ1v) is 8.01. The Morgan fingerprint density at radius 1 is 1.14 bits per heavy atom. The normalized spacial score (nSPS) is 11.1. The Labute approximate surface area is 126 Å². The van der Waals surface area contributed by atoms with Gasteiger partial charge in [0.15, 0.2) is 0 Å². The first-order chi connectivity index (χ1) is 10.2. The zero-order valence-corrected chi connectivity index (χ0v) is 12.8. The summed E-state index contributed by atoms with van der Waals surface area (Å²) in [5.74, 6) is -0.730. The third kappa shape index (κ3) is 4.35. The molecule has 0 amide bonds. The topological polar surface area (TPSA) is 42.2 Å². The van der Waals surface area contributed by atoms with E-state index in [-0.39, 0.29) is 6.42 Å². The minimum atomic E-state index is -0.730. The van der Waals surface area contributed by atoms with Crippen molar-refractivity contribution in [3.8, 4) is 0 Å². The van der Waals surface area contributed by atoms with Crippen LogP contribution in [0.25, 0.3) is 10.9 Å². The third-order valence-electron chi connectivity index (χ3n) is 3.98. The molecule has 0 aliphatic heterocycles. The quantitative estimate of drug-likeness (QED) is 0.683. The minimum Gasteiger partial charge on any atom is -0.481 e. The van der Waals surface area contributed by atoms with Gasteiger partial charge in [0.2, 0.25) is 0 Å². The van der Waals surface area contributed by atoms with Crippen molar-refractivity contribution in [2.45, 2.75) is 58.4 Å². The van der Waals surface area contributed by atoms with Gasteiger partial charge in [-0.05, 0) is 24.5 Å². The van der Waals surface area contributed by atoms with Gasteiger partial charge in [-0.25, -0.2) is 0 Å². The van der Waals surface area contributed by atoms with Crippen LogP contribution in [0, 0.1) is 0 Å². The Balaban J connectivity index is 2.06. The van der Waals surface area contributed by atoms with Crippen molar-refractivity contribution >= 4 is 16.9 Å². The van der Waals surface area contributed by atoms with E-state index in [1.54, 1.807) is 0 Å². The Kier molecular flexibility index (Phi) is 5.85. The molecule has 1 aromatic heterocycles. The van der Waals surface area contributed by atoms with Gasteiger partial charge in [-0.2, -0.15) is 0 Å². The first-order valence-electron chi connectivity index (χ1n) is 8.01. The maximum Gasteiger partial charge on any atom is 0.303 e. The van der Waals surface area contributed by atoms with E-state index in [2.05, 4.69) is 35.9 Å². The summed E-state index contributed by atoms with van der Waals surface area (Å²) in [5, 5.41) is 10.1. The number of unbranched alkanes of at least 4 members (excludes halogenated alkanes) is 4. The number of nitrogens with zero attached hydrogens (tertiary/aromatic N) is 1. The Bertz CT molecular complexity index is 586. The molecule has 1 aromatic carbocycles. The zero-order valence-electron chi connectivity index (χ0n) is 12.8. The van der Waals surface area contributed by atoms with Gasteiger partial charge in [0.05, 0.1) is 0 Å². The van der Waals surface area contributed by atoms with Gasteiger partial charge in [-0.15, -0.1) is 0 Å². The average Bonchev–Trinajstić information content (AvgIpc) is 2.83. The number of aliphatic carboxylic acids is 1. The van der Waals surface area contributed by atoms with Crippen LogP contribution in [0.4, 0.5) is 0 Å². The van der Waals surface area contributed by atoms with Crippen LogP contribution in [0.2, 0.25) is 0 Å². The molecule has 21 heavy (non-hydrogen) atoms. The van der Waals surface area contributed by atoms with Crippen LogP contribution in [0.15, 0.2) is 30.5 Å². The molecule has 114 valence electrons. The molecule has 3 nitrogen and oxygen atoms in total. The van der Waals surface area contributed by atoms with E-state index in [4.69, 9.17) is 5.11 Å². The van der Waals surface area contributed by atoms with Crippen LogP contribution in [0.1, 0.15) is 51.0 Å². The molecule has 3 heteroatoms. The van der Waals surface area contributed by atoms with Gasteiger partial charge in [0.25, 0.3) is 0 Å². The van der Waals surface area contributed by atoms with E-state index < -0.39 is 5.97 Å². The molecule has 0 spiro atoms. The lowest BCUT2D eigenvalue weighted by Crippen LogP contribution is -1.98. The van der Waals surface area contributed by atoms with Crippen molar-refractivity contribution in [1.29, 1.82) is 0 Å². The standard InChI is InChI=1S/C18H25NO2/c1-2-3-4-5-8-13-19-14-15(11-12-18(20)21)16-9-6-7-10-17(16)19/h6-7,9-10,14H,2-5,8,11-13H2,1H3,(H,20,21). The Morgan fingerprint density at radius 3 is 2.67 bits per heavy atom. The summed E-state index contributed by atoms with van der Waals surface area (Å²) in [4.78, 5) is 10.8. The maximum atomic E-state index is 10.8. The number of hydrogen-bond donors (Lipinski definition) is 1. The summed E-state index contributed by atoms with van der Waals surface area (Å²) >= 11 is 0. The molecule has 0 saturated heterocycles. The van der Waals surface area contributed by atoms with Crippen LogP contribution >= 0.6 is 0 Å². The molecule has 0 fully saturated rings. The second-order valence-electron chi connectivity index (χ2n) is 5.67. The molecular weight excluding hydrogens is 262 g/mol. The largest absolute Gasteiger partial charge is 0.481 e. The number of rotatable bonds is 9. The summed E-state index contributed by atoms with van der Waals surface area (Å²) in [6.45, 7) is 3.26. The molecular formula is C18H25NO2. The van der Waals surface area contributed by atoms with Crippen molar-refractivity contribution in [2.75, 3.05) is 0 Å². The summed E-state index contributed by atoms with van der Waals surface area (Å²) < 4.78 is 2.29. The lowest BCUT2D eigenvalue weighted by atomic mass is 10.1. The molecule has 0 atom stereocenters. The fourth-order valence-corrected chi connectivity index (χ4v) is 2.83. The van der Waals surface area contributed by atoms with Crippen molar-refractivity contribution in [1.82, 2.24) is 4.57 Å². The van der Waals surface area contributed by atoms with E-state index in [0.717, 1.165) is 12.1 Å². The number of benzene rings is 1. The summed E-state index contributed by atoms with van der Waals surface area (Å²) in [5.41, 5.74) is 2.38. The summed E-state index contributed by atoms with van der Waals surface area (Å²) in [6, 6.07) is 8.31. The third-order valence-corrected chi connectivity index (χ3v) is 3.98. The number of fused-ring (bicyclic) bond motifs is 1. The fraction of sp³-hybridized carbons (Fsp3) is 0.500. The van der Waals surface area contributed by atoms with E-state index in [1.807, 2.05) is 6.07 Å². The molecule has 0 radical (unpaired) electrons. The summed E-state index contributed by atoms with van der Waals surface area (Å²) in [6.07, 6.45) is 9.31. The number of carboxylic acids is 1. The van der Waals surface area contributed by atoms with Crippen LogP contribution in [0.5, 0.6) is 0 Å². The van der Waals surface area contributed by atoms with E-state index in [9.17, 15) is 4.79 Å². The number of carbonyl (C=O) groups is 1. The van der Waals surface area contributed by atoms with Crippen LogP contribution in [-0.2, 0) is 17.8 Å². The predicted molar refractivity (Wildman–Crippen MR) is 86.7 cm³/mol. The lowest BCUT2D eigenvalue weighted by molar-refractivity contribution is -0.136. The van der Waals surface area contributed by atoms with Crippen LogP contribution in [0.3, 0.4) is 0 Å². The van der Waals surface area contributed by atoms with Gasteiger partial charge in [-0.3, -0.25) is 4.79 Å². The lowest BCUT2D eigenvalue weighted by Gasteiger charge is -2.05. The first kappa shape index (κ1) is 15.6. The van der Waals surface area contributed by atoms with Crippen molar-refractivity contribution in [2.24, 2.45) is 0 Å². The van der Waals surface area contributed by atoms with Gasteiger partial charge in [0, 0.05) is 30.1 Å². The molecule has 0 saturated carbocycles. The maximum absolute atomic E-state index is 10.8. The van der Waals surface area contributed by atoms with Crippen LogP contribution in [-0.4, -0.2) is 15.6 Å². The average molecular weight is 287 g/mol. The Hall–Kier alpha value is -1.77. The molecule has 2 rings (SSSR count). The molecule has 2 aromatic rings. The molecule has 0 unspecified atom stereocenters. The van der Waals surface area contributed by atoms with E-state index in [0.29, 0.717) is 6.42 Å². The zero-order chi connectivity index (χ0) is 15.1. The molecule has 1 heterocycles. The SMILES string of the molecule is CCCCCCCn1cc(CCC(=O)O)c2ccccc21. The number of carboxylic acid groups (broad SMARTS) is 1. The molecule has 0 aliphatic rings. The van der Waals surface area contributed by atoms with Gasteiger partial charge >= 0.3 is 5.97 Å². The highest BCUT2D eigenvalue weighted by Gasteiger charge is 2.09. The van der Waals surface area contributed by atoms with Crippen molar-refractivity contribution in [3.05, 3.63) is 36.0 Å². The monoisotopic (exact) mass is 287 g/mol. The molecule has 1 N–H and O–H groups in total. The molecule has 0 aliphatic carbocycles. The van der Waals surface area contributed by atoms with E-state index in [1.165, 1.54) is 43.0 Å². The second kappa shape index (κ2) is 7.87. The predicted octanol–water partition coefficient (Wildman–Crippen LogP) is 4.63. The second-order valence-corrected chi connectivity index (χ2v) is 5.67.